The Morgan fingerprint density at radius 1 is 0.368 bits per heavy atom. The Morgan fingerprint density at radius 3 is 1.61 bits per heavy atom. The van der Waals surface area contributed by atoms with Crippen LogP contribution in [0.5, 0.6) is 0 Å². The van der Waals surface area contributed by atoms with Gasteiger partial charge in [-0.3, -0.25) is 0 Å². The molecule has 0 fully saturated rings. The number of anilines is 1. The van der Waals surface area contributed by atoms with Gasteiger partial charge in [-0.2, -0.15) is 0 Å². The molecular formula is C36H26N2. The number of aromatic nitrogens is 1. The van der Waals surface area contributed by atoms with E-state index in [1.807, 2.05) is 6.07 Å². The number of benzene rings is 6. The lowest BCUT2D eigenvalue weighted by Crippen LogP contribution is -1.94. The van der Waals surface area contributed by atoms with Crippen LogP contribution in [-0.4, -0.2) is 4.57 Å². The van der Waals surface area contributed by atoms with E-state index >= 15 is 0 Å². The average Bonchev–Trinajstić information content (AvgIpc) is 3.31. The van der Waals surface area contributed by atoms with Crippen molar-refractivity contribution in [1.29, 1.82) is 0 Å². The zero-order chi connectivity index (χ0) is 25.5. The first-order chi connectivity index (χ1) is 18.7. The van der Waals surface area contributed by atoms with Gasteiger partial charge in [0, 0.05) is 22.1 Å². The number of nitrogens with zero attached hydrogens (tertiary/aromatic N) is 1. The molecule has 0 spiro atoms. The molecule has 7 rings (SSSR count). The van der Waals surface area contributed by atoms with Gasteiger partial charge in [0.05, 0.1) is 11.0 Å². The first kappa shape index (κ1) is 22.1. The molecule has 1 heterocycles. The molecule has 0 saturated heterocycles. The van der Waals surface area contributed by atoms with Crippen molar-refractivity contribution in [2.75, 3.05) is 5.73 Å². The topological polar surface area (TPSA) is 30.9 Å². The Labute approximate surface area is 222 Å². The zero-order valence-electron chi connectivity index (χ0n) is 20.9. The Morgan fingerprint density at radius 2 is 0.895 bits per heavy atom. The Balaban J connectivity index is 1.32. The van der Waals surface area contributed by atoms with Crippen molar-refractivity contribution in [3.8, 4) is 39.1 Å². The van der Waals surface area contributed by atoms with Gasteiger partial charge in [-0.1, -0.05) is 97.1 Å². The summed E-state index contributed by atoms with van der Waals surface area (Å²) in [6, 6.07) is 51.6. The molecule has 7 aromatic rings. The van der Waals surface area contributed by atoms with Crippen LogP contribution in [0.15, 0.2) is 146 Å². The highest BCUT2D eigenvalue weighted by atomic mass is 15.0. The Bertz CT molecular complexity index is 1930. The van der Waals surface area contributed by atoms with Gasteiger partial charge in [0.25, 0.3) is 0 Å². The molecule has 0 aliphatic carbocycles. The van der Waals surface area contributed by atoms with Crippen molar-refractivity contribution in [2.24, 2.45) is 0 Å². The van der Waals surface area contributed by atoms with Crippen LogP contribution in [-0.2, 0) is 0 Å². The van der Waals surface area contributed by atoms with E-state index in [0.717, 1.165) is 16.9 Å². The summed E-state index contributed by atoms with van der Waals surface area (Å²) in [5, 5.41) is 2.38. The van der Waals surface area contributed by atoms with Crippen LogP contribution in [0.3, 0.4) is 0 Å². The molecule has 0 amide bonds. The average molecular weight is 487 g/mol. The Hall–Kier alpha value is -5.08. The third-order valence-electron chi connectivity index (χ3n) is 7.30. The number of rotatable bonds is 4. The fourth-order valence-corrected chi connectivity index (χ4v) is 5.48. The molecular weight excluding hydrogens is 460 g/mol. The van der Waals surface area contributed by atoms with E-state index in [4.69, 9.17) is 5.73 Å². The van der Waals surface area contributed by atoms with Gasteiger partial charge < -0.3 is 10.3 Å². The molecule has 2 heteroatoms. The molecule has 0 radical (unpaired) electrons. The van der Waals surface area contributed by atoms with Crippen molar-refractivity contribution in [1.82, 2.24) is 4.57 Å². The van der Waals surface area contributed by atoms with Gasteiger partial charge in [-0.25, -0.2) is 0 Å². The highest BCUT2D eigenvalue weighted by Gasteiger charge is 2.13. The predicted molar refractivity (Wildman–Crippen MR) is 162 cm³/mol. The lowest BCUT2D eigenvalue weighted by Gasteiger charge is -2.12. The van der Waals surface area contributed by atoms with E-state index in [-0.39, 0.29) is 0 Å². The quantitative estimate of drug-likeness (QED) is 0.247. The van der Waals surface area contributed by atoms with Crippen LogP contribution < -0.4 is 5.73 Å². The fourth-order valence-electron chi connectivity index (χ4n) is 5.48. The second-order valence-electron chi connectivity index (χ2n) is 9.71. The van der Waals surface area contributed by atoms with Crippen molar-refractivity contribution >= 4 is 27.5 Å². The van der Waals surface area contributed by atoms with E-state index in [2.05, 4.69) is 144 Å². The molecule has 0 unspecified atom stereocenters. The second kappa shape index (κ2) is 9.10. The SMILES string of the molecule is Nc1ccc2c(c1)c1ccccc1n2-c1cccc(-c2cccc(-c3cccc(-c4ccccc4)c3)c2)c1. The van der Waals surface area contributed by atoms with Crippen molar-refractivity contribution in [2.45, 2.75) is 0 Å². The van der Waals surface area contributed by atoms with E-state index in [1.165, 1.54) is 49.7 Å². The first-order valence-electron chi connectivity index (χ1n) is 12.9. The molecule has 1 aromatic heterocycles. The zero-order valence-corrected chi connectivity index (χ0v) is 20.9. The minimum absolute atomic E-state index is 0.780. The minimum atomic E-state index is 0.780. The number of para-hydroxylation sites is 1. The fraction of sp³-hybridized carbons (Fsp3) is 0. The second-order valence-corrected chi connectivity index (χ2v) is 9.71. The van der Waals surface area contributed by atoms with Crippen LogP contribution in [0.2, 0.25) is 0 Å². The smallest absolute Gasteiger partial charge is 0.0542 e. The van der Waals surface area contributed by atoms with Crippen molar-refractivity contribution in [3.63, 3.8) is 0 Å². The largest absolute Gasteiger partial charge is 0.399 e. The summed E-state index contributed by atoms with van der Waals surface area (Å²) < 4.78 is 2.33. The molecule has 0 atom stereocenters. The van der Waals surface area contributed by atoms with Crippen molar-refractivity contribution in [3.05, 3.63) is 146 Å². The third-order valence-corrected chi connectivity index (χ3v) is 7.30. The summed E-state index contributed by atoms with van der Waals surface area (Å²) in [5.41, 5.74) is 17.7. The van der Waals surface area contributed by atoms with Crippen LogP contribution >= 0.6 is 0 Å². The normalized spacial score (nSPS) is 11.3. The van der Waals surface area contributed by atoms with Gasteiger partial charge in [0.2, 0.25) is 0 Å². The number of fused-ring (bicyclic) bond motifs is 3. The van der Waals surface area contributed by atoms with Gasteiger partial charge in [-0.15, -0.1) is 0 Å². The minimum Gasteiger partial charge on any atom is -0.399 e. The van der Waals surface area contributed by atoms with E-state index in [0.29, 0.717) is 0 Å². The van der Waals surface area contributed by atoms with Gasteiger partial charge in [0.1, 0.15) is 0 Å². The van der Waals surface area contributed by atoms with Gasteiger partial charge >= 0.3 is 0 Å². The summed E-state index contributed by atoms with van der Waals surface area (Å²) in [4.78, 5) is 0. The maximum atomic E-state index is 6.16. The first-order valence-corrected chi connectivity index (χ1v) is 12.9. The summed E-state index contributed by atoms with van der Waals surface area (Å²) >= 11 is 0. The monoisotopic (exact) mass is 486 g/mol. The molecule has 38 heavy (non-hydrogen) atoms. The number of nitrogen functional groups attached to an aromatic ring is 1. The lowest BCUT2D eigenvalue weighted by molar-refractivity contribution is 1.18. The van der Waals surface area contributed by atoms with Crippen LogP contribution in [0.1, 0.15) is 0 Å². The van der Waals surface area contributed by atoms with Crippen LogP contribution in [0.25, 0.3) is 60.9 Å². The standard InChI is InChI=1S/C36H26N2/c37-31-19-20-36-34(24-31)33-17-4-5-18-35(33)38(36)32-16-8-15-30(23-32)29-14-7-13-28(22-29)27-12-6-11-26(21-27)25-9-2-1-3-10-25/h1-24H,37H2. The van der Waals surface area contributed by atoms with Crippen LogP contribution in [0.4, 0.5) is 5.69 Å². The molecule has 0 aliphatic heterocycles. The van der Waals surface area contributed by atoms with Crippen molar-refractivity contribution < 1.29 is 0 Å². The molecule has 0 aliphatic rings. The van der Waals surface area contributed by atoms with E-state index in [1.54, 1.807) is 0 Å². The van der Waals surface area contributed by atoms with E-state index in [9.17, 15) is 0 Å². The van der Waals surface area contributed by atoms with E-state index < -0.39 is 0 Å². The number of hydrogen-bond acceptors (Lipinski definition) is 1. The molecule has 6 aromatic carbocycles. The summed E-state index contributed by atoms with van der Waals surface area (Å²) in [6.07, 6.45) is 0. The highest BCUT2D eigenvalue weighted by molar-refractivity contribution is 6.10. The Kier molecular flexibility index (Phi) is 5.30. The van der Waals surface area contributed by atoms with Gasteiger partial charge in [0.15, 0.2) is 0 Å². The summed E-state index contributed by atoms with van der Waals surface area (Å²) in [5.74, 6) is 0. The summed E-state index contributed by atoms with van der Waals surface area (Å²) in [7, 11) is 0. The molecule has 2 N–H and O–H groups in total. The van der Waals surface area contributed by atoms with Gasteiger partial charge in [-0.05, 0) is 81.9 Å². The lowest BCUT2D eigenvalue weighted by atomic mass is 9.96. The number of nitrogens with two attached hydrogens (primary N) is 1. The van der Waals surface area contributed by atoms with Crippen LogP contribution in [0, 0.1) is 0 Å². The third kappa shape index (κ3) is 3.84. The number of hydrogen-bond donors (Lipinski definition) is 1. The molecule has 0 saturated carbocycles. The molecule has 0 bridgehead atoms. The predicted octanol–water partition coefficient (Wildman–Crippen LogP) is 9.37. The highest BCUT2D eigenvalue weighted by Crippen LogP contribution is 2.35. The molecule has 180 valence electrons. The maximum absolute atomic E-state index is 6.16. The molecule has 2 nitrogen and oxygen atoms in total. The summed E-state index contributed by atoms with van der Waals surface area (Å²) in [6.45, 7) is 0. The maximum Gasteiger partial charge on any atom is 0.0542 e.